The van der Waals surface area contributed by atoms with Gasteiger partial charge >= 0.3 is 11.9 Å². The number of carbonyl (C=O) groups is 2. The molecule has 0 spiro atoms. The Morgan fingerprint density at radius 2 is 1.74 bits per heavy atom. The summed E-state index contributed by atoms with van der Waals surface area (Å²) >= 11 is 0. The number of rotatable bonds is 6. The van der Waals surface area contributed by atoms with Crippen LogP contribution in [-0.2, 0) is 9.59 Å². The van der Waals surface area contributed by atoms with Gasteiger partial charge in [-0.05, 0) is 6.42 Å². The third-order valence-electron chi connectivity index (χ3n) is 2.91. The van der Waals surface area contributed by atoms with Crippen LogP contribution in [0.15, 0.2) is 23.8 Å². The van der Waals surface area contributed by atoms with Gasteiger partial charge < -0.3 is 10.2 Å². The molecule has 1 rings (SSSR count). The number of carboxylic acid groups (broad SMARTS) is 2. The van der Waals surface area contributed by atoms with E-state index in [0.29, 0.717) is 0 Å². The molecule has 0 fully saturated rings. The first-order chi connectivity index (χ1) is 9.04. The van der Waals surface area contributed by atoms with E-state index in [9.17, 15) is 9.59 Å². The Morgan fingerprint density at radius 3 is 2.11 bits per heavy atom. The second-order valence-corrected chi connectivity index (χ2v) is 4.54. The summed E-state index contributed by atoms with van der Waals surface area (Å²) in [4.78, 5) is 21.0. The number of carboxylic acids is 2. The molecule has 1 aliphatic rings. The van der Waals surface area contributed by atoms with Crippen molar-refractivity contribution in [2.45, 2.75) is 52.4 Å². The molecule has 4 heteroatoms. The molecule has 0 bridgehead atoms. The Hall–Kier alpha value is -1.58. The van der Waals surface area contributed by atoms with Crippen LogP contribution in [0.5, 0.6) is 0 Å². The summed E-state index contributed by atoms with van der Waals surface area (Å²) in [5.74, 6) is -3.15. The first-order valence-corrected chi connectivity index (χ1v) is 6.87. The average Bonchev–Trinajstić information content (AvgIpc) is 2.40. The van der Waals surface area contributed by atoms with Gasteiger partial charge in [-0.25, -0.2) is 4.79 Å². The number of hydrogen-bond acceptors (Lipinski definition) is 2. The van der Waals surface area contributed by atoms with E-state index in [1.165, 1.54) is 38.2 Å². The van der Waals surface area contributed by atoms with Crippen molar-refractivity contribution in [2.75, 3.05) is 0 Å². The van der Waals surface area contributed by atoms with Crippen molar-refractivity contribution in [2.24, 2.45) is 5.92 Å². The Bertz CT molecular complexity index is 338. The van der Waals surface area contributed by atoms with E-state index < -0.39 is 17.9 Å². The Balaban J connectivity index is 0.000000399. The van der Waals surface area contributed by atoms with Gasteiger partial charge in [0, 0.05) is 0 Å². The molecular weight excluding hydrogens is 244 g/mol. The van der Waals surface area contributed by atoms with Gasteiger partial charge in [0.2, 0.25) is 0 Å². The molecule has 0 aromatic rings. The molecule has 0 aromatic carbocycles. The minimum Gasteiger partial charge on any atom is -0.481 e. The second kappa shape index (κ2) is 10.4. The Morgan fingerprint density at radius 1 is 1.16 bits per heavy atom. The van der Waals surface area contributed by atoms with Gasteiger partial charge in [0.05, 0.1) is 11.5 Å². The van der Waals surface area contributed by atoms with Crippen molar-refractivity contribution < 1.29 is 19.8 Å². The lowest BCUT2D eigenvalue weighted by Crippen LogP contribution is -2.22. The van der Waals surface area contributed by atoms with E-state index >= 15 is 0 Å². The second-order valence-electron chi connectivity index (χ2n) is 4.54. The Labute approximate surface area is 114 Å². The molecule has 0 radical (unpaired) electrons. The summed E-state index contributed by atoms with van der Waals surface area (Å²) in [6, 6.07) is 0. The minimum atomic E-state index is -1.16. The van der Waals surface area contributed by atoms with Crippen molar-refractivity contribution >= 4 is 11.9 Å². The molecule has 0 aromatic heterocycles. The van der Waals surface area contributed by atoms with Gasteiger partial charge in [-0.15, -0.1) is 0 Å². The lowest BCUT2D eigenvalue weighted by atomic mass is 9.92. The van der Waals surface area contributed by atoms with Gasteiger partial charge in [-0.1, -0.05) is 64.2 Å². The third kappa shape index (κ3) is 7.44. The molecule has 2 N–H and O–H groups in total. The summed E-state index contributed by atoms with van der Waals surface area (Å²) in [5, 5.41) is 17.2. The van der Waals surface area contributed by atoms with Crippen LogP contribution in [0.2, 0.25) is 0 Å². The van der Waals surface area contributed by atoms with E-state index in [0.717, 1.165) is 0 Å². The largest absolute Gasteiger partial charge is 0.481 e. The molecular formula is C15H24O4. The summed E-state index contributed by atoms with van der Waals surface area (Å²) in [7, 11) is 0. The number of hydrogen-bond donors (Lipinski definition) is 2. The molecule has 4 nitrogen and oxygen atoms in total. The van der Waals surface area contributed by atoms with E-state index in [4.69, 9.17) is 10.2 Å². The van der Waals surface area contributed by atoms with Gasteiger partial charge in [0.15, 0.2) is 0 Å². The third-order valence-corrected chi connectivity index (χ3v) is 2.91. The molecule has 0 aliphatic heterocycles. The van der Waals surface area contributed by atoms with Crippen LogP contribution in [0, 0.1) is 5.92 Å². The zero-order valence-corrected chi connectivity index (χ0v) is 11.8. The van der Waals surface area contributed by atoms with E-state index in [1.807, 2.05) is 0 Å². The van der Waals surface area contributed by atoms with Crippen LogP contribution in [0.3, 0.4) is 0 Å². The highest BCUT2D eigenvalue weighted by atomic mass is 16.4. The predicted octanol–water partition coefficient (Wildman–Crippen LogP) is 3.63. The molecule has 0 heterocycles. The van der Waals surface area contributed by atoms with E-state index in [1.54, 1.807) is 12.2 Å². The van der Waals surface area contributed by atoms with Crippen molar-refractivity contribution in [1.29, 1.82) is 0 Å². The highest BCUT2D eigenvalue weighted by Crippen LogP contribution is 2.20. The first-order valence-electron chi connectivity index (χ1n) is 6.87. The lowest BCUT2D eigenvalue weighted by Gasteiger charge is -2.12. The predicted molar refractivity (Wildman–Crippen MR) is 75.0 cm³/mol. The quantitative estimate of drug-likeness (QED) is 0.721. The maximum Gasteiger partial charge on any atom is 0.332 e. The van der Waals surface area contributed by atoms with Crippen LogP contribution >= 0.6 is 0 Å². The smallest absolute Gasteiger partial charge is 0.332 e. The monoisotopic (exact) mass is 268 g/mol. The summed E-state index contributed by atoms with van der Waals surface area (Å²) in [5.41, 5.74) is -0.0509. The summed E-state index contributed by atoms with van der Waals surface area (Å²) < 4.78 is 0. The normalized spacial score (nSPS) is 17.2. The van der Waals surface area contributed by atoms with Crippen molar-refractivity contribution in [3.8, 4) is 0 Å². The zero-order chi connectivity index (χ0) is 14.7. The maximum atomic E-state index is 10.5. The van der Waals surface area contributed by atoms with Crippen LogP contribution in [0.1, 0.15) is 52.4 Å². The van der Waals surface area contributed by atoms with E-state index in [2.05, 4.69) is 13.8 Å². The number of aliphatic carboxylic acids is 2. The number of unbranched alkanes of at least 4 members (excludes halogenated alkanes) is 4. The molecule has 0 amide bonds. The van der Waals surface area contributed by atoms with E-state index in [-0.39, 0.29) is 12.0 Å². The molecule has 1 aliphatic carbocycles. The number of allylic oxidation sites excluding steroid dienone is 3. The fourth-order valence-electron chi connectivity index (χ4n) is 1.76. The highest BCUT2D eigenvalue weighted by Gasteiger charge is 2.26. The van der Waals surface area contributed by atoms with Crippen LogP contribution < -0.4 is 0 Å². The van der Waals surface area contributed by atoms with Crippen LogP contribution in [0.25, 0.3) is 0 Å². The van der Waals surface area contributed by atoms with Gasteiger partial charge in [-0.2, -0.15) is 0 Å². The van der Waals surface area contributed by atoms with Crippen molar-refractivity contribution in [3.63, 3.8) is 0 Å². The minimum absolute atomic E-state index is 0.0509. The topological polar surface area (TPSA) is 74.6 Å². The van der Waals surface area contributed by atoms with Crippen LogP contribution in [-0.4, -0.2) is 22.2 Å². The van der Waals surface area contributed by atoms with Gasteiger partial charge in [-0.3, -0.25) is 4.79 Å². The molecule has 1 unspecified atom stereocenters. The fourth-order valence-corrected chi connectivity index (χ4v) is 1.76. The molecule has 19 heavy (non-hydrogen) atoms. The Kier molecular flexibility index (Phi) is 9.49. The fraction of sp³-hybridized carbons (Fsp3) is 0.600. The standard InChI is InChI=1S/C8H8O4.C7H16/c9-7(10)5-3-1-2-4-6(5)8(11)12;1-3-5-7-6-4-2/h1-3,6H,4H2,(H,9,10)(H,11,12);3-7H2,1-2H3. The van der Waals surface area contributed by atoms with Gasteiger partial charge in [0.25, 0.3) is 0 Å². The first kappa shape index (κ1) is 17.4. The molecule has 1 atom stereocenters. The highest BCUT2D eigenvalue weighted by molar-refractivity contribution is 5.94. The molecule has 0 saturated carbocycles. The molecule has 0 saturated heterocycles. The van der Waals surface area contributed by atoms with Crippen molar-refractivity contribution in [1.82, 2.24) is 0 Å². The van der Waals surface area contributed by atoms with Crippen molar-refractivity contribution in [3.05, 3.63) is 23.8 Å². The maximum absolute atomic E-state index is 10.5. The van der Waals surface area contributed by atoms with Crippen LogP contribution in [0.4, 0.5) is 0 Å². The SMILES string of the molecule is CCCCCCC.O=C(O)C1=CC=CCC1C(=O)O. The summed E-state index contributed by atoms with van der Waals surface area (Å²) in [6.07, 6.45) is 11.8. The summed E-state index contributed by atoms with van der Waals surface area (Å²) in [6.45, 7) is 4.49. The average molecular weight is 268 g/mol. The lowest BCUT2D eigenvalue weighted by molar-refractivity contribution is -0.143. The molecule has 108 valence electrons. The van der Waals surface area contributed by atoms with Gasteiger partial charge in [0.1, 0.15) is 0 Å². The zero-order valence-electron chi connectivity index (χ0n) is 11.8.